The van der Waals surface area contributed by atoms with Crippen molar-refractivity contribution in [2.24, 2.45) is 0 Å². The Morgan fingerprint density at radius 1 is 1.07 bits per heavy atom. The van der Waals surface area contributed by atoms with Crippen LogP contribution < -0.4 is 5.32 Å². The Morgan fingerprint density at radius 2 is 1.68 bits per heavy atom. The Balaban J connectivity index is 1.39. The highest BCUT2D eigenvalue weighted by Crippen LogP contribution is 2.33. The van der Waals surface area contributed by atoms with Crippen molar-refractivity contribution in [1.82, 2.24) is 25.1 Å². The normalized spacial score (nSPS) is 16.3. The van der Waals surface area contributed by atoms with Crippen molar-refractivity contribution in [1.29, 1.82) is 0 Å². The summed E-state index contributed by atoms with van der Waals surface area (Å²) in [6, 6.07) is 4.02. The SMILES string of the molecule is CC(C)(C)OC(=O)N1CCC(N(C(=O)c2cnc(-c3ccc(C(=O)NCCS(C)(=O)=O)c(F)c3)nc2)C2CC2)CC1. The molecule has 0 atom stereocenters. The van der Waals surface area contributed by atoms with Gasteiger partial charge in [-0.05, 0) is 58.6 Å². The molecule has 0 bridgehead atoms. The van der Waals surface area contributed by atoms with Gasteiger partial charge in [0.2, 0.25) is 0 Å². The molecule has 0 spiro atoms. The molecule has 1 aromatic heterocycles. The summed E-state index contributed by atoms with van der Waals surface area (Å²) < 4.78 is 42.6. The molecule has 1 saturated heterocycles. The summed E-state index contributed by atoms with van der Waals surface area (Å²) >= 11 is 0. The number of amides is 3. The summed E-state index contributed by atoms with van der Waals surface area (Å²) in [7, 11) is -3.26. The topological polar surface area (TPSA) is 139 Å². The fourth-order valence-electron chi connectivity index (χ4n) is 4.66. The molecule has 3 amide bonds. The summed E-state index contributed by atoms with van der Waals surface area (Å²) in [4.78, 5) is 50.3. The number of carbonyl (C=O) groups excluding carboxylic acids is 3. The number of rotatable bonds is 8. The average Bonchev–Trinajstić information content (AvgIpc) is 3.72. The first-order chi connectivity index (χ1) is 19.2. The second-order valence-corrected chi connectivity index (χ2v) is 13.8. The number of piperidine rings is 1. The highest BCUT2D eigenvalue weighted by atomic mass is 32.2. The number of benzene rings is 1. The van der Waals surface area contributed by atoms with Gasteiger partial charge in [0.25, 0.3) is 11.8 Å². The Morgan fingerprint density at radius 3 is 2.22 bits per heavy atom. The van der Waals surface area contributed by atoms with E-state index >= 15 is 0 Å². The van der Waals surface area contributed by atoms with Crippen LogP contribution in [0.2, 0.25) is 0 Å². The summed E-state index contributed by atoms with van der Waals surface area (Å²) in [5.41, 5.74) is -0.160. The van der Waals surface area contributed by atoms with Crippen molar-refractivity contribution in [3.63, 3.8) is 0 Å². The lowest BCUT2D eigenvalue weighted by molar-refractivity contribution is 0.0142. The van der Waals surface area contributed by atoms with Crippen molar-refractivity contribution >= 4 is 27.7 Å². The van der Waals surface area contributed by atoms with Gasteiger partial charge in [0, 0.05) is 55.9 Å². The number of carbonyl (C=O) groups is 3. The van der Waals surface area contributed by atoms with Gasteiger partial charge in [0.15, 0.2) is 5.82 Å². The van der Waals surface area contributed by atoms with Crippen LogP contribution in [0.5, 0.6) is 0 Å². The highest BCUT2D eigenvalue weighted by Gasteiger charge is 2.40. The molecule has 2 aliphatic rings. The summed E-state index contributed by atoms with van der Waals surface area (Å²) in [6.45, 7) is 6.37. The van der Waals surface area contributed by atoms with E-state index < -0.39 is 27.2 Å². The molecule has 1 aliphatic carbocycles. The fraction of sp³-hybridized carbons (Fsp3) is 0.536. The number of hydrogen-bond acceptors (Lipinski definition) is 8. The summed E-state index contributed by atoms with van der Waals surface area (Å²) in [5, 5.41) is 2.39. The number of nitrogens with one attached hydrogen (secondary N) is 1. The lowest BCUT2D eigenvalue weighted by atomic mass is 10.0. The largest absolute Gasteiger partial charge is 0.444 e. The molecule has 222 valence electrons. The maximum atomic E-state index is 14.7. The molecule has 2 heterocycles. The van der Waals surface area contributed by atoms with E-state index in [1.807, 2.05) is 25.7 Å². The van der Waals surface area contributed by atoms with Crippen LogP contribution in [0, 0.1) is 5.82 Å². The molecule has 0 radical (unpaired) electrons. The highest BCUT2D eigenvalue weighted by molar-refractivity contribution is 7.90. The summed E-state index contributed by atoms with van der Waals surface area (Å²) in [5.74, 6) is -1.77. The molecule has 1 N–H and O–H groups in total. The first-order valence-electron chi connectivity index (χ1n) is 13.6. The molecule has 2 fully saturated rings. The number of halogens is 1. The minimum Gasteiger partial charge on any atom is -0.444 e. The minimum atomic E-state index is -3.26. The Kier molecular flexibility index (Phi) is 8.95. The number of ether oxygens (including phenoxy) is 1. The standard InChI is InChI=1S/C28H36FN5O6S/c1-28(2,3)40-27(37)33-12-9-21(10-13-33)34(20-6-7-20)26(36)19-16-31-24(32-17-19)18-5-8-22(23(29)15-18)25(35)30-11-14-41(4,38)39/h5,8,15-17,20-21H,6-7,9-14H2,1-4H3,(H,30,35). The van der Waals surface area contributed by atoms with Gasteiger partial charge < -0.3 is 19.9 Å². The van der Waals surface area contributed by atoms with Crippen LogP contribution in [0.3, 0.4) is 0 Å². The second-order valence-electron chi connectivity index (χ2n) is 11.5. The molecule has 0 unspecified atom stereocenters. The molecule has 41 heavy (non-hydrogen) atoms. The van der Waals surface area contributed by atoms with Gasteiger partial charge in [-0.25, -0.2) is 27.6 Å². The lowest BCUT2D eigenvalue weighted by Gasteiger charge is -2.39. The molecule has 11 nitrogen and oxygen atoms in total. The van der Waals surface area contributed by atoms with Gasteiger partial charge in [-0.1, -0.05) is 6.07 Å². The fourth-order valence-corrected chi connectivity index (χ4v) is 5.13. The number of aromatic nitrogens is 2. The number of sulfone groups is 1. The Bertz CT molecular complexity index is 1400. The van der Waals surface area contributed by atoms with E-state index in [-0.39, 0.29) is 47.8 Å². The second kappa shape index (κ2) is 12.1. The molecule has 1 saturated carbocycles. The van der Waals surface area contributed by atoms with E-state index in [0.29, 0.717) is 37.1 Å². The smallest absolute Gasteiger partial charge is 0.410 e. The number of nitrogens with zero attached hydrogens (tertiary/aromatic N) is 4. The van der Waals surface area contributed by atoms with Gasteiger partial charge in [-0.3, -0.25) is 9.59 Å². The van der Waals surface area contributed by atoms with E-state index in [1.54, 1.807) is 4.90 Å². The predicted molar refractivity (Wildman–Crippen MR) is 149 cm³/mol. The van der Waals surface area contributed by atoms with E-state index in [2.05, 4.69) is 15.3 Å². The predicted octanol–water partition coefficient (Wildman–Crippen LogP) is 3.06. The van der Waals surface area contributed by atoms with Crippen LogP contribution >= 0.6 is 0 Å². The molecular weight excluding hydrogens is 553 g/mol. The number of hydrogen-bond donors (Lipinski definition) is 1. The molecule has 1 aliphatic heterocycles. The first kappa shape index (κ1) is 30.4. The minimum absolute atomic E-state index is 0.0152. The molecule has 2 aromatic rings. The zero-order chi connectivity index (χ0) is 29.9. The van der Waals surface area contributed by atoms with E-state index in [1.165, 1.54) is 24.5 Å². The molecular formula is C28H36FN5O6S. The molecule has 13 heteroatoms. The van der Waals surface area contributed by atoms with E-state index in [9.17, 15) is 27.2 Å². The first-order valence-corrected chi connectivity index (χ1v) is 15.7. The quantitative estimate of drug-likeness (QED) is 0.496. The average molecular weight is 590 g/mol. The van der Waals surface area contributed by atoms with Gasteiger partial charge in [-0.15, -0.1) is 0 Å². The van der Waals surface area contributed by atoms with Crippen molar-refractivity contribution in [3.8, 4) is 11.4 Å². The van der Waals surface area contributed by atoms with Crippen LogP contribution in [-0.4, -0.2) is 95.4 Å². The van der Waals surface area contributed by atoms with Crippen LogP contribution in [0.15, 0.2) is 30.6 Å². The van der Waals surface area contributed by atoms with Crippen LogP contribution in [0.4, 0.5) is 9.18 Å². The third kappa shape index (κ3) is 8.21. The van der Waals surface area contributed by atoms with Gasteiger partial charge in [-0.2, -0.15) is 0 Å². The lowest BCUT2D eigenvalue weighted by Crippen LogP contribution is -2.50. The van der Waals surface area contributed by atoms with Crippen molar-refractivity contribution in [3.05, 3.63) is 47.5 Å². The number of likely N-dealkylation sites (tertiary alicyclic amines) is 1. The van der Waals surface area contributed by atoms with Crippen LogP contribution in [0.1, 0.15) is 67.2 Å². The molecule has 1 aromatic carbocycles. The maximum absolute atomic E-state index is 14.7. The van der Waals surface area contributed by atoms with E-state index in [0.717, 1.165) is 25.2 Å². The van der Waals surface area contributed by atoms with Gasteiger partial charge in [0.1, 0.15) is 21.3 Å². The van der Waals surface area contributed by atoms with Gasteiger partial charge >= 0.3 is 6.09 Å². The summed E-state index contributed by atoms with van der Waals surface area (Å²) in [6.07, 6.45) is 6.67. The van der Waals surface area contributed by atoms with Crippen molar-refractivity contribution < 1.29 is 31.9 Å². The zero-order valence-electron chi connectivity index (χ0n) is 23.7. The van der Waals surface area contributed by atoms with Crippen molar-refractivity contribution in [2.75, 3.05) is 31.6 Å². The third-order valence-electron chi connectivity index (χ3n) is 6.81. The monoisotopic (exact) mass is 589 g/mol. The maximum Gasteiger partial charge on any atom is 0.410 e. The zero-order valence-corrected chi connectivity index (χ0v) is 24.5. The van der Waals surface area contributed by atoms with Gasteiger partial charge in [0.05, 0.1) is 16.9 Å². The van der Waals surface area contributed by atoms with Crippen molar-refractivity contribution in [2.45, 2.75) is 64.1 Å². The van der Waals surface area contributed by atoms with E-state index in [4.69, 9.17) is 4.74 Å². The Hall–Kier alpha value is -3.61. The molecule has 4 rings (SSSR count). The third-order valence-corrected chi connectivity index (χ3v) is 7.76. The van der Waals surface area contributed by atoms with Crippen LogP contribution in [-0.2, 0) is 14.6 Å². The van der Waals surface area contributed by atoms with Crippen LogP contribution in [0.25, 0.3) is 11.4 Å². The Labute approximate surface area is 239 Å².